The van der Waals surface area contributed by atoms with E-state index in [1.54, 1.807) is 12.1 Å². The Labute approximate surface area is 96.2 Å². The molecule has 0 saturated carbocycles. The largest absolute Gasteiger partial charge is 0.412 e. The Hall–Kier alpha value is -1.71. The minimum Gasteiger partial charge on any atom is -0.410 e. The number of rotatable bonds is 4. The summed E-state index contributed by atoms with van der Waals surface area (Å²) in [7, 11) is 1.53. The fraction of sp³-hybridized carbons (Fsp3) is 0.417. The molecule has 1 amide bonds. The van der Waals surface area contributed by atoms with Crippen LogP contribution in [0.2, 0.25) is 0 Å². The zero-order valence-corrected chi connectivity index (χ0v) is 9.99. The molecule has 0 aliphatic rings. The first-order valence-corrected chi connectivity index (χ1v) is 5.45. The molecule has 1 N–H and O–H groups in total. The molecule has 1 aromatic rings. The molecule has 0 unspecified atom stereocenters. The summed E-state index contributed by atoms with van der Waals surface area (Å²) in [6.45, 7) is 6.15. The summed E-state index contributed by atoms with van der Waals surface area (Å²) in [6, 6.07) is 7.49. The van der Waals surface area contributed by atoms with E-state index in [0.717, 1.165) is 18.8 Å². The van der Waals surface area contributed by atoms with Gasteiger partial charge in [-0.25, -0.2) is 4.79 Å². The molecular weight excluding hydrogens is 204 g/mol. The second kappa shape index (κ2) is 6.00. The molecule has 0 heterocycles. The first-order chi connectivity index (χ1) is 7.71. The van der Waals surface area contributed by atoms with Gasteiger partial charge in [0.15, 0.2) is 0 Å². The average molecular weight is 222 g/mol. The number of benzene rings is 1. The van der Waals surface area contributed by atoms with Gasteiger partial charge >= 0.3 is 6.09 Å². The average Bonchev–Trinajstić information content (AvgIpc) is 2.32. The van der Waals surface area contributed by atoms with Crippen molar-refractivity contribution in [3.05, 3.63) is 24.3 Å². The maximum absolute atomic E-state index is 11.0. The molecule has 0 fully saturated rings. The summed E-state index contributed by atoms with van der Waals surface area (Å²) in [5.41, 5.74) is 1.13. The highest BCUT2D eigenvalue weighted by molar-refractivity contribution is 5.70. The van der Waals surface area contributed by atoms with E-state index in [0.29, 0.717) is 5.75 Å². The number of nitrogens with one attached hydrogen (secondary N) is 1. The minimum atomic E-state index is -0.449. The number of hydrogen-bond acceptors (Lipinski definition) is 3. The van der Waals surface area contributed by atoms with Crippen LogP contribution in [0.5, 0.6) is 5.75 Å². The van der Waals surface area contributed by atoms with Crippen molar-refractivity contribution in [3.8, 4) is 5.75 Å². The molecule has 0 atom stereocenters. The SMILES string of the molecule is CCN(CC)c1ccc(OC(=O)NC)cc1. The number of hydrogen-bond donors (Lipinski definition) is 1. The standard InChI is InChI=1S/C12H18N2O2/c1-4-14(5-2)10-6-8-11(9-7-10)16-12(15)13-3/h6-9H,4-5H2,1-3H3,(H,13,15). The molecule has 4 nitrogen and oxygen atoms in total. The van der Waals surface area contributed by atoms with Crippen molar-refractivity contribution in [2.75, 3.05) is 25.0 Å². The molecule has 0 aliphatic heterocycles. The molecule has 0 radical (unpaired) electrons. The smallest absolute Gasteiger partial charge is 0.410 e. The van der Waals surface area contributed by atoms with Crippen LogP contribution in [0.1, 0.15) is 13.8 Å². The van der Waals surface area contributed by atoms with Crippen molar-refractivity contribution in [2.24, 2.45) is 0 Å². The summed E-state index contributed by atoms with van der Waals surface area (Å²) < 4.78 is 5.00. The third kappa shape index (κ3) is 3.15. The van der Waals surface area contributed by atoms with Gasteiger partial charge in [-0.05, 0) is 38.1 Å². The Bertz CT molecular complexity index is 331. The van der Waals surface area contributed by atoms with Crippen LogP contribution in [0.4, 0.5) is 10.5 Å². The van der Waals surface area contributed by atoms with E-state index in [1.807, 2.05) is 12.1 Å². The highest BCUT2D eigenvalue weighted by Crippen LogP contribution is 2.19. The Morgan fingerprint density at radius 3 is 2.25 bits per heavy atom. The van der Waals surface area contributed by atoms with Crippen LogP contribution in [0.25, 0.3) is 0 Å². The van der Waals surface area contributed by atoms with Crippen LogP contribution >= 0.6 is 0 Å². The normalized spacial score (nSPS) is 9.69. The number of ether oxygens (including phenoxy) is 1. The van der Waals surface area contributed by atoms with Gasteiger partial charge < -0.3 is 15.0 Å². The van der Waals surface area contributed by atoms with Crippen LogP contribution in [-0.4, -0.2) is 26.2 Å². The van der Waals surface area contributed by atoms with E-state index in [4.69, 9.17) is 4.74 Å². The molecular formula is C12H18N2O2. The molecule has 0 aliphatic carbocycles. The molecule has 1 aromatic carbocycles. The number of anilines is 1. The second-order valence-corrected chi connectivity index (χ2v) is 3.31. The van der Waals surface area contributed by atoms with Gasteiger partial charge in [0, 0.05) is 25.8 Å². The molecule has 0 aromatic heterocycles. The molecule has 1 rings (SSSR count). The van der Waals surface area contributed by atoms with Crippen molar-refractivity contribution < 1.29 is 9.53 Å². The van der Waals surface area contributed by atoms with E-state index < -0.39 is 6.09 Å². The Kier molecular flexibility index (Phi) is 4.64. The molecule has 4 heteroatoms. The predicted octanol–water partition coefficient (Wildman–Crippen LogP) is 2.25. The second-order valence-electron chi connectivity index (χ2n) is 3.31. The van der Waals surface area contributed by atoms with Gasteiger partial charge in [0.25, 0.3) is 0 Å². The first kappa shape index (κ1) is 12.4. The quantitative estimate of drug-likeness (QED) is 0.849. The lowest BCUT2D eigenvalue weighted by molar-refractivity contribution is 0.203. The lowest BCUT2D eigenvalue weighted by atomic mass is 10.2. The fourth-order valence-corrected chi connectivity index (χ4v) is 1.47. The van der Waals surface area contributed by atoms with Gasteiger partial charge in [0.05, 0.1) is 0 Å². The Morgan fingerprint density at radius 2 is 1.81 bits per heavy atom. The van der Waals surface area contributed by atoms with E-state index in [-0.39, 0.29) is 0 Å². The third-order valence-electron chi connectivity index (χ3n) is 2.38. The summed E-state index contributed by atoms with van der Waals surface area (Å²) in [4.78, 5) is 13.2. The molecule has 0 spiro atoms. The molecule has 0 bridgehead atoms. The maximum Gasteiger partial charge on any atom is 0.412 e. The third-order valence-corrected chi connectivity index (χ3v) is 2.38. The highest BCUT2D eigenvalue weighted by atomic mass is 16.5. The molecule has 16 heavy (non-hydrogen) atoms. The van der Waals surface area contributed by atoms with E-state index in [2.05, 4.69) is 24.1 Å². The zero-order valence-electron chi connectivity index (χ0n) is 9.99. The lowest BCUT2D eigenvalue weighted by Gasteiger charge is -2.20. The zero-order chi connectivity index (χ0) is 12.0. The summed E-state index contributed by atoms with van der Waals surface area (Å²) in [6.07, 6.45) is -0.449. The van der Waals surface area contributed by atoms with Gasteiger partial charge in [-0.1, -0.05) is 0 Å². The summed E-state index contributed by atoms with van der Waals surface area (Å²) in [5, 5.41) is 2.40. The van der Waals surface area contributed by atoms with Crippen molar-refractivity contribution in [1.82, 2.24) is 5.32 Å². The van der Waals surface area contributed by atoms with Crippen LogP contribution in [0.3, 0.4) is 0 Å². The topological polar surface area (TPSA) is 41.6 Å². The maximum atomic E-state index is 11.0. The number of nitrogens with zero attached hydrogens (tertiary/aromatic N) is 1. The van der Waals surface area contributed by atoms with Crippen molar-refractivity contribution in [3.63, 3.8) is 0 Å². The van der Waals surface area contributed by atoms with Crippen molar-refractivity contribution in [1.29, 1.82) is 0 Å². The Balaban J connectivity index is 2.70. The van der Waals surface area contributed by atoms with Gasteiger partial charge in [-0.2, -0.15) is 0 Å². The van der Waals surface area contributed by atoms with Crippen LogP contribution in [0.15, 0.2) is 24.3 Å². The minimum absolute atomic E-state index is 0.449. The van der Waals surface area contributed by atoms with Crippen molar-refractivity contribution in [2.45, 2.75) is 13.8 Å². The fourth-order valence-electron chi connectivity index (χ4n) is 1.47. The summed E-state index contributed by atoms with van der Waals surface area (Å²) >= 11 is 0. The van der Waals surface area contributed by atoms with Crippen LogP contribution < -0.4 is 15.0 Å². The molecule has 0 saturated heterocycles. The lowest BCUT2D eigenvalue weighted by Crippen LogP contribution is -2.23. The van der Waals surface area contributed by atoms with Gasteiger partial charge in [0.1, 0.15) is 5.75 Å². The van der Waals surface area contributed by atoms with E-state index in [1.165, 1.54) is 7.05 Å². The van der Waals surface area contributed by atoms with Crippen molar-refractivity contribution >= 4 is 11.8 Å². The number of carbonyl (C=O) groups is 1. The number of carbonyl (C=O) groups excluding carboxylic acids is 1. The van der Waals surface area contributed by atoms with Gasteiger partial charge in [-0.15, -0.1) is 0 Å². The van der Waals surface area contributed by atoms with E-state index >= 15 is 0 Å². The van der Waals surface area contributed by atoms with Crippen LogP contribution in [-0.2, 0) is 0 Å². The van der Waals surface area contributed by atoms with E-state index in [9.17, 15) is 4.79 Å². The van der Waals surface area contributed by atoms with Gasteiger partial charge in [0.2, 0.25) is 0 Å². The van der Waals surface area contributed by atoms with Crippen LogP contribution in [0, 0.1) is 0 Å². The number of amides is 1. The monoisotopic (exact) mass is 222 g/mol. The Morgan fingerprint density at radius 1 is 1.25 bits per heavy atom. The highest BCUT2D eigenvalue weighted by Gasteiger charge is 2.03. The van der Waals surface area contributed by atoms with Gasteiger partial charge in [-0.3, -0.25) is 0 Å². The summed E-state index contributed by atoms with van der Waals surface area (Å²) in [5.74, 6) is 0.551. The molecule has 88 valence electrons. The first-order valence-electron chi connectivity index (χ1n) is 5.45. The predicted molar refractivity (Wildman–Crippen MR) is 65.1 cm³/mol.